The number of nitrogens with one attached hydrogen (secondary N) is 6. The van der Waals surface area contributed by atoms with E-state index in [2.05, 4.69) is 56.8 Å². The topological polar surface area (TPSA) is 398 Å². The summed E-state index contributed by atoms with van der Waals surface area (Å²) in [6.07, 6.45) is 5.03. The maximum Gasteiger partial charge on any atom is 0.343 e. The molecule has 7 heterocycles. The van der Waals surface area contributed by atoms with E-state index in [0.717, 1.165) is 47.0 Å². The first kappa shape index (κ1) is 62.6. The summed E-state index contributed by atoms with van der Waals surface area (Å²) in [4.78, 5) is 132. The monoisotopic (exact) mass is 1270 g/mol. The number of aromatic nitrogens is 7. The largest absolute Gasteiger partial charge is 0.458 e. The number of nitrogens with zero attached hydrogens (tertiary/aromatic N) is 7. The summed E-state index contributed by atoms with van der Waals surface area (Å²) in [6, 6.07) is 15.2. The molecule has 462 valence electrons. The van der Waals surface area contributed by atoms with Crippen molar-refractivity contribution < 1.29 is 65.0 Å². The zero-order chi connectivity index (χ0) is 63.7. The van der Waals surface area contributed by atoms with Crippen LogP contribution in [-0.4, -0.2) is 149 Å². The highest BCUT2D eigenvalue weighted by Crippen LogP contribution is 2.46. The number of esters is 1. The number of amides is 6. The molecule has 0 spiro atoms. The lowest BCUT2D eigenvalue weighted by atomic mass is 9.81. The zero-order valence-electron chi connectivity index (χ0n) is 47.9. The van der Waals surface area contributed by atoms with E-state index in [-0.39, 0.29) is 65.5 Å². The van der Waals surface area contributed by atoms with Crippen molar-refractivity contribution in [1.29, 1.82) is 0 Å². The van der Waals surface area contributed by atoms with Gasteiger partial charge in [0.25, 0.3) is 11.5 Å². The number of aliphatic hydroxyl groups is 1. The molecule has 5 aromatic heterocycles. The number of aryl methyl sites for hydroxylation is 1. The van der Waals surface area contributed by atoms with Crippen LogP contribution in [-0.2, 0) is 89.5 Å². The quantitative estimate of drug-likeness (QED) is 0.0226. The van der Waals surface area contributed by atoms with Gasteiger partial charge in [0.1, 0.15) is 26.0 Å². The fourth-order valence-electron chi connectivity index (χ4n) is 10.6. The Hall–Kier alpha value is -9.49. The van der Waals surface area contributed by atoms with E-state index in [0.29, 0.717) is 45.9 Å². The van der Waals surface area contributed by atoms with Gasteiger partial charge in [0.15, 0.2) is 5.60 Å². The Morgan fingerprint density at radius 3 is 2.07 bits per heavy atom. The Balaban J connectivity index is 0.730. The van der Waals surface area contributed by atoms with Crippen molar-refractivity contribution in [2.45, 2.75) is 80.7 Å². The number of hydrogen-bond donors (Lipinski definition) is 7. The van der Waals surface area contributed by atoms with Crippen molar-refractivity contribution in [3.8, 4) is 34.2 Å². The average Bonchev–Trinajstić information content (AvgIpc) is 1.61. The van der Waals surface area contributed by atoms with Crippen molar-refractivity contribution in [2.24, 2.45) is 0 Å². The summed E-state index contributed by atoms with van der Waals surface area (Å²) in [5.41, 5.74) is 2.73. The van der Waals surface area contributed by atoms with Crippen LogP contribution >= 0.6 is 11.6 Å². The molecule has 10 rings (SSSR count). The minimum Gasteiger partial charge on any atom is -0.458 e. The number of hydrogen-bond acceptors (Lipinski definition) is 21. The predicted molar refractivity (Wildman–Crippen MR) is 315 cm³/mol. The lowest BCUT2D eigenvalue weighted by Crippen LogP contribution is -2.52. The lowest BCUT2D eigenvalue weighted by Gasteiger charge is -2.31. The summed E-state index contributed by atoms with van der Waals surface area (Å²) < 4.78 is 61.4. The molecule has 0 bridgehead atoms. The molecule has 0 saturated carbocycles. The molecule has 28 nitrogen and oxygen atoms in total. The molecule has 0 unspecified atom stereocenters. The van der Waals surface area contributed by atoms with Crippen LogP contribution in [0.5, 0.6) is 0 Å². The zero-order valence-corrected chi connectivity index (χ0v) is 50.3. The Kier molecular flexibility index (Phi) is 17.8. The third kappa shape index (κ3) is 13.4. The van der Waals surface area contributed by atoms with Gasteiger partial charge < -0.3 is 51.0 Å². The smallest absolute Gasteiger partial charge is 0.343 e. The SMILES string of the molecule is CC[C@@]1(O)C(=O)OCc2c1cc1n(c2=O)Cc2c-1nc1cc(Cl)c(C)c3c1c2[C@@H](NC(=O)COCNC(=O)CNC(=O)[C@H](Cc1ccccc1)NC(=O)CNC(=O)CNC(=O)c1cc(-c2ccnc(S(C)(=O)=O)n2)nc(-c2ccnc(S(C)(=O)=O)n2)c1)CC3. The third-order valence-corrected chi connectivity index (χ3v) is 17.2. The van der Waals surface area contributed by atoms with Crippen LogP contribution in [0.2, 0.25) is 5.02 Å². The number of cyclic esters (lactones) is 1. The first-order valence-corrected chi connectivity index (χ1v) is 31.7. The number of rotatable bonds is 21. The van der Waals surface area contributed by atoms with Gasteiger partial charge in [-0.2, -0.15) is 0 Å². The predicted octanol–water partition coefficient (Wildman–Crippen LogP) is 0.741. The number of pyridine rings is 3. The normalized spacial score (nSPS) is 16.0. The number of fused-ring (bicyclic) bond motifs is 5. The minimum absolute atomic E-state index is 0.0306. The fourth-order valence-corrected chi connectivity index (χ4v) is 11.9. The van der Waals surface area contributed by atoms with Gasteiger partial charge in [0, 0.05) is 58.4 Å². The summed E-state index contributed by atoms with van der Waals surface area (Å²) in [5.74, 6) is -5.36. The Bertz CT molecular complexity index is 4330. The van der Waals surface area contributed by atoms with E-state index in [1.165, 1.54) is 28.8 Å². The number of ether oxygens (including phenoxy) is 2. The second-order valence-corrected chi connectivity index (χ2v) is 25.4. The van der Waals surface area contributed by atoms with Crippen LogP contribution < -0.4 is 37.5 Å². The van der Waals surface area contributed by atoms with E-state index < -0.39 is 128 Å². The number of carbonyl (C=O) groups is 7. The van der Waals surface area contributed by atoms with E-state index in [1.54, 1.807) is 49.4 Å². The minimum atomic E-state index is -3.89. The average molecular weight is 1270 g/mol. The maximum atomic E-state index is 14.1. The van der Waals surface area contributed by atoms with Crippen molar-refractivity contribution in [3.05, 3.63) is 139 Å². The second-order valence-electron chi connectivity index (χ2n) is 21.2. The molecule has 6 amide bonds. The van der Waals surface area contributed by atoms with Crippen LogP contribution in [0.3, 0.4) is 0 Å². The Morgan fingerprint density at radius 1 is 0.775 bits per heavy atom. The highest BCUT2D eigenvalue weighted by Gasteiger charge is 2.46. The van der Waals surface area contributed by atoms with Crippen molar-refractivity contribution in [2.75, 3.05) is 45.5 Å². The van der Waals surface area contributed by atoms with E-state index in [9.17, 15) is 60.3 Å². The van der Waals surface area contributed by atoms with Crippen LogP contribution in [0.25, 0.3) is 45.1 Å². The maximum absolute atomic E-state index is 14.1. The van der Waals surface area contributed by atoms with E-state index in [4.69, 9.17) is 26.1 Å². The van der Waals surface area contributed by atoms with Gasteiger partial charge in [0.05, 0.1) is 77.5 Å². The van der Waals surface area contributed by atoms with Gasteiger partial charge in [-0.15, -0.1) is 0 Å². The first-order valence-electron chi connectivity index (χ1n) is 27.5. The van der Waals surface area contributed by atoms with E-state index in [1.807, 2.05) is 6.92 Å². The Morgan fingerprint density at radius 2 is 1.42 bits per heavy atom. The van der Waals surface area contributed by atoms with Crippen LogP contribution in [0, 0.1) is 6.92 Å². The number of sulfone groups is 2. The van der Waals surface area contributed by atoms with E-state index >= 15 is 0 Å². The third-order valence-electron chi connectivity index (χ3n) is 15.1. The molecule has 31 heteroatoms. The van der Waals surface area contributed by atoms with Crippen LogP contribution in [0.4, 0.5) is 0 Å². The number of halogens is 1. The molecule has 0 radical (unpaired) electrons. The summed E-state index contributed by atoms with van der Waals surface area (Å²) in [5, 5.41) is 26.9. The Labute approximate surface area is 511 Å². The van der Waals surface area contributed by atoms with Gasteiger partial charge in [-0.25, -0.2) is 51.5 Å². The summed E-state index contributed by atoms with van der Waals surface area (Å²) >= 11 is 6.72. The highest BCUT2D eigenvalue weighted by atomic mass is 35.5. The summed E-state index contributed by atoms with van der Waals surface area (Å²) in [7, 11) is -7.78. The standard InChI is InChI=1S/C58H56ClN13O15S2/c1-5-58(81)35-20-44-51-33(25-72(44)54(79)34(35)26-87-55(58)80)50-39(12-11-32-29(2)36(59)21-42(69-51)49(32)50)67-48(76)27-86-28-65-46(74)23-64-53(78)43(17-30-9-7-6-8-10-30)68-47(75)24-62-45(73)22-63-52(77)31-18-40(37-13-15-60-56(70-37)88(3,82)83)66-41(19-31)38-14-16-61-57(71-38)89(4,84)85/h6-10,13-16,18-21,39,43,81H,5,11-12,17,22-28H2,1-4H3,(H,62,73)(H,63,77)(H,64,78)(H,65,74)(H,67,76)(H,68,75)/t39-,43-,58-/m0/s1. The van der Waals surface area contributed by atoms with Crippen molar-refractivity contribution in [1.82, 2.24) is 66.4 Å². The van der Waals surface area contributed by atoms with Gasteiger partial charge in [0.2, 0.25) is 59.5 Å². The number of benzene rings is 2. The molecule has 2 aromatic carbocycles. The van der Waals surface area contributed by atoms with Crippen molar-refractivity contribution in [3.63, 3.8) is 0 Å². The molecule has 3 aliphatic rings. The number of carbonyl (C=O) groups excluding carboxylic acids is 7. The van der Waals surface area contributed by atoms with Crippen LogP contribution in [0.15, 0.2) is 94.2 Å². The molecule has 0 fully saturated rings. The molecule has 0 saturated heterocycles. The molecule has 1 aliphatic carbocycles. The van der Waals surface area contributed by atoms with Crippen molar-refractivity contribution >= 4 is 83.6 Å². The lowest BCUT2D eigenvalue weighted by molar-refractivity contribution is -0.172. The van der Waals surface area contributed by atoms with Gasteiger partial charge in [-0.3, -0.25) is 33.6 Å². The molecule has 7 N–H and O–H groups in total. The van der Waals surface area contributed by atoms with Crippen LogP contribution in [0.1, 0.15) is 75.1 Å². The second kappa shape index (κ2) is 25.3. The van der Waals surface area contributed by atoms with Gasteiger partial charge in [-0.05, 0) is 84.8 Å². The molecule has 89 heavy (non-hydrogen) atoms. The van der Waals surface area contributed by atoms with Gasteiger partial charge >= 0.3 is 5.97 Å². The molecule has 2 aliphatic heterocycles. The summed E-state index contributed by atoms with van der Waals surface area (Å²) in [6.45, 7) is 0.461. The molecular formula is C58H56ClN13O15S2. The first-order chi connectivity index (χ1) is 42.3. The molecule has 7 aromatic rings. The highest BCUT2D eigenvalue weighted by molar-refractivity contribution is 7.90. The molecular weight excluding hydrogens is 1220 g/mol. The fraction of sp³-hybridized carbons (Fsp3) is 0.310. The molecule has 3 atom stereocenters. The van der Waals surface area contributed by atoms with Gasteiger partial charge in [-0.1, -0.05) is 48.9 Å².